The molecule has 1 fully saturated rings. The number of carbonyl (C=O) groups is 1. The number of hydrogen-bond donors (Lipinski definition) is 0. The lowest BCUT2D eigenvalue weighted by Gasteiger charge is -2.23. The maximum absolute atomic E-state index is 12.5. The fourth-order valence-corrected chi connectivity index (χ4v) is 4.55. The molecule has 0 N–H and O–H groups in total. The van der Waals surface area contributed by atoms with E-state index in [0.29, 0.717) is 12.0 Å². The molecule has 110 valence electrons. The number of hydrogen-bond acceptors (Lipinski definition) is 3. The Balaban J connectivity index is 1.86. The molecule has 2 aromatic carbocycles. The largest absolute Gasteiger partial charge is 0.338 e. The van der Waals surface area contributed by atoms with Gasteiger partial charge in [0.1, 0.15) is 0 Å². The third kappa shape index (κ3) is 2.78. The molecular formula is C16H17NO3S. The van der Waals surface area contributed by atoms with E-state index in [1.54, 1.807) is 18.0 Å². The van der Waals surface area contributed by atoms with E-state index in [1.807, 2.05) is 36.4 Å². The van der Waals surface area contributed by atoms with Crippen LogP contribution in [0, 0.1) is 0 Å². The molecule has 3 rings (SSSR count). The highest BCUT2D eigenvalue weighted by Gasteiger charge is 2.33. The number of carbonyl (C=O) groups excluding carboxylic acids is 1. The molecule has 0 saturated carbocycles. The molecule has 0 aromatic heterocycles. The van der Waals surface area contributed by atoms with Gasteiger partial charge in [-0.1, -0.05) is 30.3 Å². The SMILES string of the molecule is CN(C(=O)c1ccc2ccccc2c1)C1CCS(=O)(=O)C1. The van der Waals surface area contributed by atoms with Crippen LogP contribution in [-0.2, 0) is 9.84 Å². The van der Waals surface area contributed by atoms with Crippen LogP contribution >= 0.6 is 0 Å². The summed E-state index contributed by atoms with van der Waals surface area (Å²) in [6, 6.07) is 13.2. The molecule has 5 heteroatoms. The van der Waals surface area contributed by atoms with Crippen molar-refractivity contribution >= 4 is 26.5 Å². The van der Waals surface area contributed by atoms with Crippen LogP contribution in [-0.4, -0.2) is 43.8 Å². The predicted molar refractivity (Wildman–Crippen MR) is 83.1 cm³/mol. The van der Waals surface area contributed by atoms with Gasteiger partial charge in [0, 0.05) is 18.7 Å². The van der Waals surface area contributed by atoms with Gasteiger partial charge in [-0.3, -0.25) is 4.79 Å². The molecule has 0 bridgehead atoms. The summed E-state index contributed by atoms with van der Waals surface area (Å²) in [6.45, 7) is 0. The Bertz CT molecular complexity index is 798. The maximum atomic E-state index is 12.5. The lowest BCUT2D eigenvalue weighted by molar-refractivity contribution is 0.0748. The van der Waals surface area contributed by atoms with Crippen molar-refractivity contribution in [1.82, 2.24) is 4.90 Å². The van der Waals surface area contributed by atoms with Gasteiger partial charge >= 0.3 is 0 Å². The van der Waals surface area contributed by atoms with Crippen molar-refractivity contribution in [2.45, 2.75) is 12.5 Å². The second kappa shape index (κ2) is 5.15. The van der Waals surface area contributed by atoms with E-state index in [0.717, 1.165) is 10.8 Å². The van der Waals surface area contributed by atoms with Gasteiger partial charge in [0.25, 0.3) is 5.91 Å². The zero-order valence-electron chi connectivity index (χ0n) is 11.8. The van der Waals surface area contributed by atoms with Gasteiger partial charge in [-0.15, -0.1) is 0 Å². The highest BCUT2D eigenvalue weighted by atomic mass is 32.2. The molecular weight excluding hydrogens is 286 g/mol. The molecule has 1 heterocycles. The fourth-order valence-electron chi connectivity index (χ4n) is 2.77. The van der Waals surface area contributed by atoms with Crippen molar-refractivity contribution < 1.29 is 13.2 Å². The number of amides is 1. The van der Waals surface area contributed by atoms with Gasteiger partial charge < -0.3 is 4.90 Å². The molecule has 21 heavy (non-hydrogen) atoms. The Morgan fingerprint density at radius 1 is 1.14 bits per heavy atom. The van der Waals surface area contributed by atoms with Gasteiger partial charge in [-0.05, 0) is 29.3 Å². The lowest BCUT2D eigenvalue weighted by atomic mass is 10.1. The van der Waals surface area contributed by atoms with Crippen LogP contribution in [0.5, 0.6) is 0 Å². The van der Waals surface area contributed by atoms with Gasteiger partial charge in [0.05, 0.1) is 11.5 Å². The second-order valence-corrected chi connectivity index (χ2v) is 7.76. The van der Waals surface area contributed by atoms with Crippen LogP contribution in [0.4, 0.5) is 0 Å². The average molecular weight is 303 g/mol. The first-order chi connectivity index (χ1) is 9.96. The van der Waals surface area contributed by atoms with E-state index in [1.165, 1.54) is 0 Å². The molecule has 0 aliphatic carbocycles. The van der Waals surface area contributed by atoms with Crippen molar-refractivity contribution in [2.24, 2.45) is 0 Å². The first-order valence-corrected chi connectivity index (χ1v) is 8.75. The Hall–Kier alpha value is -1.88. The highest BCUT2D eigenvalue weighted by molar-refractivity contribution is 7.91. The Morgan fingerprint density at radius 3 is 2.52 bits per heavy atom. The summed E-state index contributed by atoms with van der Waals surface area (Å²) >= 11 is 0. The lowest BCUT2D eigenvalue weighted by Crippen LogP contribution is -2.37. The van der Waals surface area contributed by atoms with Crippen molar-refractivity contribution in [3.63, 3.8) is 0 Å². The monoisotopic (exact) mass is 303 g/mol. The summed E-state index contributed by atoms with van der Waals surface area (Å²) < 4.78 is 23.1. The zero-order chi connectivity index (χ0) is 15.0. The summed E-state index contributed by atoms with van der Waals surface area (Å²) in [5, 5.41) is 2.09. The third-order valence-corrected chi connectivity index (χ3v) is 5.82. The number of fused-ring (bicyclic) bond motifs is 1. The average Bonchev–Trinajstić information content (AvgIpc) is 2.85. The molecule has 2 aromatic rings. The van der Waals surface area contributed by atoms with E-state index >= 15 is 0 Å². The van der Waals surface area contributed by atoms with Gasteiger partial charge in [0.2, 0.25) is 0 Å². The Morgan fingerprint density at radius 2 is 1.86 bits per heavy atom. The molecule has 4 nitrogen and oxygen atoms in total. The minimum Gasteiger partial charge on any atom is -0.338 e. The summed E-state index contributed by atoms with van der Waals surface area (Å²) in [7, 11) is -1.30. The van der Waals surface area contributed by atoms with Crippen molar-refractivity contribution in [2.75, 3.05) is 18.6 Å². The minimum absolute atomic E-state index is 0.0722. The summed E-state index contributed by atoms with van der Waals surface area (Å²) in [5.74, 6) is 0.124. The molecule has 1 aliphatic heterocycles. The standard InChI is InChI=1S/C16H17NO3S/c1-17(15-8-9-21(19,20)11-15)16(18)14-7-6-12-4-2-3-5-13(12)10-14/h2-7,10,15H,8-9,11H2,1H3. The highest BCUT2D eigenvalue weighted by Crippen LogP contribution is 2.21. The van der Waals surface area contributed by atoms with E-state index in [2.05, 4.69) is 0 Å². The van der Waals surface area contributed by atoms with Crippen LogP contribution in [0.3, 0.4) is 0 Å². The van der Waals surface area contributed by atoms with Crippen LogP contribution < -0.4 is 0 Å². The van der Waals surface area contributed by atoms with E-state index < -0.39 is 9.84 Å². The second-order valence-electron chi connectivity index (χ2n) is 5.53. The quantitative estimate of drug-likeness (QED) is 0.853. The molecule has 1 saturated heterocycles. The first-order valence-electron chi connectivity index (χ1n) is 6.93. The maximum Gasteiger partial charge on any atom is 0.253 e. The first kappa shape index (κ1) is 14.1. The van der Waals surface area contributed by atoms with Crippen molar-refractivity contribution in [3.8, 4) is 0 Å². The number of benzene rings is 2. The summed E-state index contributed by atoms with van der Waals surface area (Å²) in [4.78, 5) is 14.1. The normalized spacial score (nSPS) is 20.5. The minimum atomic E-state index is -2.98. The summed E-state index contributed by atoms with van der Waals surface area (Å²) in [5.41, 5.74) is 0.598. The third-order valence-electron chi connectivity index (χ3n) is 4.07. The molecule has 0 spiro atoms. The van der Waals surface area contributed by atoms with Crippen molar-refractivity contribution in [1.29, 1.82) is 0 Å². The van der Waals surface area contributed by atoms with Gasteiger partial charge in [-0.2, -0.15) is 0 Å². The van der Waals surface area contributed by atoms with Crippen LogP contribution in [0.2, 0.25) is 0 Å². The number of sulfone groups is 1. The van der Waals surface area contributed by atoms with Gasteiger partial charge in [0.15, 0.2) is 9.84 Å². The number of rotatable bonds is 2. The molecule has 1 aliphatic rings. The summed E-state index contributed by atoms with van der Waals surface area (Å²) in [6.07, 6.45) is 0.526. The van der Waals surface area contributed by atoms with Gasteiger partial charge in [-0.25, -0.2) is 8.42 Å². The smallest absolute Gasteiger partial charge is 0.253 e. The molecule has 0 radical (unpaired) electrons. The van der Waals surface area contributed by atoms with Crippen molar-refractivity contribution in [3.05, 3.63) is 48.0 Å². The fraction of sp³-hybridized carbons (Fsp3) is 0.312. The number of nitrogens with zero attached hydrogens (tertiary/aromatic N) is 1. The van der Waals surface area contributed by atoms with Crippen LogP contribution in [0.1, 0.15) is 16.8 Å². The molecule has 1 amide bonds. The van der Waals surface area contributed by atoms with Crippen LogP contribution in [0.15, 0.2) is 42.5 Å². The molecule has 1 atom stereocenters. The van der Waals surface area contributed by atoms with E-state index in [4.69, 9.17) is 0 Å². The van der Waals surface area contributed by atoms with E-state index in [9.17, 15) is 13.2 Å². The predicted octanol–water partition coefficient (Wildman–Crippen LogP) is 2.10. The van der Waals surface area contributed by atoms with E-state index in [-0.39, 0.29) is 23.5 Å². The van der Waals surface area contributed by atoms with Crippen LogP contribution in [0.25, 0.3) is 10.8 Å². The topological polar surface area (TPSA) is 54.5 Å². The zero-order valence-corrected chi connectivity index (χ0v) is 12.6. The Kier molecular flexibility index (Phi) is 3.45. The molecule has 1 unspecified atom stereocenters. The Labute approximate surface area is 124 Å².